The molecule has 2 unspecified atom stereocenters. The van der Waals surface area contributed by atoms with Crippen molar-refractivity contribution < 1.29 is 31.9 Å². The lowest BCUT2D eigenvalue weighted by Gasteiger charge is -2.33. The lowest BCUT2D eigenvalue weighted by atomic mass is 9.93. The van der Waals surface area contributed by atoms with Crippen LogP contribution in [-0.2, 0) is 15.8 Å². The van der Waals surface area contributed by atoms with Crippen molar-refractivity contribution in [3.05, 3.63) is 63.9 Å². The first-order valence-electron chi connectivity index (χ1n) is 12.9. The molecule has 2 aliphatic rings. The van der Waals surface area contributed by atoms with Gasteiger partial charge >= 0.3 is 12.2 Å². The number of piperidine rings is 1. The summed E-state index contributed by atoms with van der Waals surface area (Å²) < 4.78 is 54.1. The Hall–Kier alpha value is -3.15. The number of benzene rings is 2. The monoisotopic (exact) mass is 626 g/mol. The van der Waals surface area contributed by atoms with Gasteiger partial charge in [0.1, 0.15) is 5.82 Å². The van der Waals surface area contributed by atoms with E-state index in [1.165, 1.54) is 37.1 Å². The van der Waals surface area contributed by atoms with Gasteiger partial charge in [-0.2, -0.15) is 13.2 Å². The Morgan fingerprint density at radius 1 is 0.950 bits per heavy atom. The smallest absolute Gasteiger partial charge is 0.343 e. The molecule has 0 aliphatic carbocycles. The van der Waals surface area contributed by atoms with Crippen molar-refractivity contribution in [3.8, 4) is 0 Å². The van der Waals surface area contributed by atoms with Crippen LogP contribution in [0.4, 0.5) is 28.0 Å². The fourth-order valence-electron chi connectivity index (χ4n) is 5.52. The maximum absolute atomic E-state index is 13.7. The third-order valence-corrected chi connectivity index (χ3v) is 8.33. The van der Waals surface area contributed by atoms with Gasteiger partial charge in [0.15, 0.2) is 0 Å². The van der Waals surface area contributed by atoms with E-state index in [4.69, 9.17) is 0 Å². The molecule has 2 atom stereocenters. The van der Waals surface area contributed by atoms with Crippen molar-refractivity contribution in [2.75, 3.05) is 45.2 Å². The normalized spacial score (nSPS) is 20.0. The standard InChI is InChI=1S/C28H31BrF4N4O3/c1-17(38)36-10-8-19(9-11-36)26(39)37-15-24(18-4-6-22(30)7-5-18)25(16-37)35(3)27(40)34(2)23-13-20(28(31,32)33)12-21(29)14-23/h4-7,12-14,19,24-25H,8-11,15-16H2,1-3H3. The Bertz CT molecular complexity index is 1270. The van der Waals surface area contributed by atoms with Crippen LogP contribution in [0, 0.1) is 11.7 Å². The zero-order chi connectivity index (χ0) is 29.4. The first-order valence-corrected chi connectivity index (χ1v) is 13.7. The quantitative estimate of drug-likeness (QED) is 0.430. The van der Waals surface area contributed by atoms with Crippen molar-refractivity contribution in [1.29, 1.82) is 0 Å². The van der Waals surface area contributed by atoms with Crippen LogP contribution in [0.5, 0.6) is 0 Å². The van der Waals surface area contributed by atoms with Crippen molar-refractivity contribution in [2.24, 2.45) is 5.92 Å². The molecule has 12 heteroatoms. The third kappa shape index (κ3) is 6.42. The Morgan fingerprint density at radius 3 is 2.15 bits per heavy atom. The van der Waals surface area contributed by atoms with Crippen LogP contribution >= 0.6 is 15.9 Å². The second-order valence-corrected chi connectivity index (χ2v) is 11.3. The predicted octanol–water partition coefficient (Wildman–Crippen LogP) is 5.35. The fourth-order valence-corrected chi connectivity index (χ4v) is 6.00. The molecule has 216 valence electrons. The van der Waals surface area contributed by atoms with Crippen molar-refractivity contribution >= 4 is 39.5 Å². The maximum atomic E-state index is 13.7. The van der Waals surface area contributed by atoms with Crippen molar-refractivity contribution in [2.45, 2.75) is 37.9 Å². The van der Waals surface area contributed by atoms with Crippen LogP contribution in [0.25, 0.3) is 0 Å². The number of alkyl halides is 3. The van der Waals surface area contributed by atoms with E-state index in [1.54, 1.807) is 29.0 Å². The molecule has 2 saturated heterocycles. The predicted molar refractivity (Wildman–Crippen MR) is 145 cm³/mol. The average molecular weight is 627 g/mol. The lowest BCUT2D eigenvalue weighted by molar-refractivity contribution is -0.139. The zero-order valence-electron chi connectivity index (χ0n) is 22.4. The molecule has 2 aromatic carbocycles. The number of anilines is 1. The largest absolute Gasteiger partial charge is 0.416 e. The fraction of sp³-hybridized carbons (Fsp3) is 0.464. The van der Waals surface area contributed by atoms with Crippen LogP contribution in [0.2, 0.25) is 0 Å². The third-order valence-electron chi connectivity index (χ3n) is 7.87. The summed E-state index contributed by atoms with van der Waals surface area (Å²) in [5.74, 6) is -1.09. The summed E-state index contributed by atoms with van der Waals surface area (Å²) in [6, 6.07) is 8.12. The topological polar surface area (TPSA) is 64.2 Å². The molecule has 2 heterocycles. The Morgan fingerprint density at radius 2 is 1.57 bits per heavy atom. The summed E-state index contributed by atoms with van der Waals surface area (Å²) in [6.07, 6.45) is -3.50. The number of carbonyl (C=O) groups is 3. The van der Waals surface area contributed by atoms with Gasteiger partial charge in [-0.1, -0.05) is 28.1 Å². The molecule has 0 bridgehead atoms. The van der Waals surface area contributed by atoms with Crippen LogP contribution in [0.15, 0.2) is 46.9 Å². The molecule has 0 N–H and O–H groups in total. The molecule has 0 spiro atoms. The molecule has 4 rings (SSSR count). The molecule has 2 fully saturated rings. The number of hydrogen-bond donors (Lipinski definition) is 0. The molecular weight excluding hydrogens is 596 g/mol. The number of halogens is 5. The van der Waals surface area contributed by atoms with E-state index in [0.29, 0.717) is 32.5 Å². The number of likely N-dealkylation sites (N-methyl/N-ethyl adjacent to an activating group) is 1. The average Bonchev–Trinajstić information content (AvgIpc) is 3.36. The Kier molecular flexibility index (Phi) is 8.77. The number of urea groups is 1. The van der Waals surface area contributed by atoms with E-state index in [0.717, 1.165) is 22.6 Å². The number of nitrogens with zero attached hydrogens (tertiary/aromatic N) is 4. The zero-order valence-corrected chi connectivity index (χ0v) is 24.0. The van der Waals surface area contributed by atoms with Gasteiger partial charge in [0.25, 0.3) is 0 Å². The molecule has 2 aromatic rings. The van der Waals surface area contributed by atoms with Gasteiger partial charge in [0.2, 0.25) is 11.8 Å². The maximum Gasteiger partial charge on any atom is 0.416 e. The lowest BCUT2D eigenvalue weighted by Crippen LogP contribution is -2.48. The molecule has 0 radical (unpaired) electrons. The van der Waals surface area contributed by atoms with Crippen molar-refractivity contribution in [1.82, 2.24) is 14.7 Å². The van der Waals surface area contributed by atoms with Gasteiger partial charge in [0, 0.05) is 69.2 Å². The summed E-state index contributed by atoms with van der Waals surface area (Å²) in [6.45, 7) is 3.03. The highest BCUT2D eigenvalue weighted by Gasteiger charge is 2.43. The first kappa shape index (κ1) is 29.8. The molecule has 0 saturated carbocycles. The van der Waals surface area contributed by atoms with E-state index in [1.807, 2.05) is 0 Å². The van der Waals surface area contributed by atoms with Gasteiger partial charge in [-0.05, 0) is 48.7 Å². The molecule has 0 aromatic heterocycles. The summed E-state index contributed by atoms with van der Waals surface area (Å²) in [5, 5.41) is 0. The number of hydrogen-bond acceptors (Lipinski definition) is 3. The highest BCUT2D eigenvalue weighted by Crippen LogP contribution is 2.36. The van der Waals surface area contributed by atoms with Crippen LogP contribution in [0.1, 0.15) is 36.8 Å². The number of carbonyl (C=O) groups excluding carboxylic acids is 3. The highest BCUT2D eigenvalue weighted by molar-refractivity contribution is 9.10. The molecular formula is C28H31BrF4N4O3. The van der Waals surface area contributed by atoms with E-state index in [-0.39, 0.29) is 40.4 Å². The van der Waals surface area contributed by atoms with E-state index < -0.39 is 29.6 Å². The van der Waals surface area contributed by atoms with Gasteiger partial charge < -0.3 is 14.7 Å². The van der Waals surface area contributed by atoms with Crippen LogP contribution in [0.3, 0.4) is 0 Å². The summed E-state index contributed by atoms with van der Waals surface area (Å²) in [7, 11) is 2.95. The Labute approximate surface area is 238 Å². The van der Waals surface area contributed by atoms with Gasteiger partial charge in [-0.25, -0.2) is 9.18 Å². The highest BCUT2D eigenvalue weighted by atomic mass is 79.9. The minimum Gasteiger partial charge on any atom is -0.343 e. The van der Waals surface area contributed by atoms with Crippen molar-refractivity contribution in [3.63, 3.8) is 0 Å². The summed E-state index contributed by atoms with van der Waals surface area (Å²) in [4.78, 5) is 44.8. The SMILES string of the molecule is CC(=O)N1CCC(C(=O)N2CC(c3ccc(F)cc3)C(N(C)C(=O)N(C)c3cc(Br)cc(C(F)(F)F)c3)C2)CC1. The molecule has 40 heavy (non-hydrogen) atoms. The number of likely N-dealkylation sites (tertiary alicyclic amines) is 2. The van der Waals surface area contributed by atoms with Gasteiger partial charge in [-0.3, -0.25) is 14.5 Å². The summed E-state index contributed by atoms with van der Waals surface area (Å²) in [5.41, 5.74) is -0.0888. The van der Waals surface area contributed by atoms with Crippen LogP contribution in [-0.4, -0.2) is 78.9 Å². The second-order valence-electron chi connectivity index (χ2n) is 10.4. The number of rotatable bonds is 4. The van der Waals surface area contributed by atoms with Gasteiger partial charge in [0.05, 0.1) is 11.6 Å². The van der Waals surface area contributed by atoms with Crippen LogP contribution < -0.4 is 4.90 Å². The van der Waals surface area contributed by atoms with E-state index >= 15 is 0 Å². The number of amides is 4. The molecule has 4 amide bonds. The second kappa shape index (κ2) is 11.8. The molecule has 7 nitrogen and oxygen atoms in total. The van der Waals surface area contributed by atoms with E-state index in [9.17, 15) is 31.9 Å². The minimum absolute atomic E-state index is 0.0273. The minimum atomic E-state index is -4.59. The van der Waals surface area contributed by atoms with E-state index in [2.05, 4.69) is 15.9 Å². The first-order chi connectivity index (χ1) is 18.8. The summed E-state index contributed by atoms with van der Waals surface area (Å²) >= 11 is 3.10. The van der Waals surface area contributed by atoms with Gasteiger partial charge in [-0.15, -0.1) is 0 Å². The molecule has 2 aliphatic heterocycles. The Balaban J connectivity index is 1.57.